The molecule has 170 valence electrons. The van der Waals surface area contributed by atoms with Crippen LogP contribution in [0.5, 0.6) is 0 Å². The van der Waals surface area contributed by atoms with E-state index in [9.17, 15) is 9.00 Å². The second kappa shape index (κ2) is 10.8. The number of pyridine rings is 1. The lowest BCUT2D eigenvalue weighted by atomic mass is 10.1. The molecule has 2 aromatic heterocycles. The second-order valence-corrected chi connectivity index (χ2v) is 9.59. The third-order valence-electron chi connectivity index (χ3n) is 5.66. The molecule has 8 nitrogen and oxygen atoms in total. The minimum Gasteiger partial charge on any atom is -0.450 e. The van der Waals surface area contributed by atoms with Crippen molar-refractivity contribution in [2.24, 2.45) is 4.99 Å². The van der Waals surface area contributed by atoms with Crippen molar-refractivity contribution in [1.29, 1.82) is 0 Å². The van der Waals surface area contributed by atoms with Crippen LogP contribution < -0.4 is 5.32 Å². The highest BCUT2D eigenvalue weighted by Crippen LogP contribution is 2.24. The van der Waals surface area contributed by atoms with Crippen LogP contribution in [0.3, 0.4) is 0 Å². The molecular formula is C23H28N4O4S. The zero-order valence-corrected chi connectivity index (χ0v) is 18.9. The quantitative estimate of drug-likeness (QED) is 0.613. The van der Waals surface area contributed by atoms with Crippen LogP contribution in [0.1, 0.15) is 41.8 Å². The van der Waals surface area contributed by atoms with Gasteiger partial charge in [0, 0.05) is 17.6 Å². The Bertz CT molecular complexity index is 990. The van der Waals surface area contributed by atoms with E-state index in [2.05, 4.69) is 20.2 Å². The van der Waals surface area contributed by atoms with Crippen molar-refractivity contribution >= 4 is 22.9 Å². The van der Waals surface area contributed by atoms with E-state index in [1.165, 1.54) is 0 Å². The number of nitrogens with zero attached hydrogens (tertiary/aromatic N) is 3. The lowest BCUT2D eigenvalue weighted by Crippen LogP contribution is -2.52. The van der Waals surface area contributed by atoms with Gasteiger partial charge in [0.05, 0.1) is 53.4 Å². The van der Waals surface area contributed by atoms with Crippen molar-refractivity contribution in [3.63, 3.8) is 0 Å². The zero-order chi connectivity index (χ0) is 22.3. The Kier molecular flexibility index (Phi) is 7.62. The van der Waals surface area contributed by atoms with E-state index >= 15 is 0 Å². The minimum absolute atomic E-state index is 0.157. The molecule has 1 amide bonds. The number of nitrogens with one attached hydrogen (secondary N) is 1. The summed E-state index contributed by atoms with van der Waals surface area (Å²) in [7, 11) is -1.07. The number of allylic oxidation sites excluding steroid dienone is 1. The Hall–Kier alpha value is -2.62. The fourth-order valence-corrected chi connectivity index (χ4v) is 5.10. The number of hydrogen-bond acceptors (Lipinski definition) is 7. The molecular weight excluding hydrogens is 428 g/mol. The molecule has 2 aliphatic rings. The minimum atomic E-state index is -1.07. The number of hydrogen-bond donors (Lipinski definition) is 1. The molecule has 2 fully saturated rings. The maximum absolute atomic E-state index is 12.9. The van der Waals surface area contributed by atoms with Gasteiger partial charge in [-0.05, 0) is 57.1 Å². The molecule has 0 saturated carbocycles. The molecule has 2 aromatic rings. The summed E-state index contributed by atoms with van der Waals surface area (Å²) in [5.74, 6) is 0.392. The van der Waals surface area contributed by atoms with Gasteiger partial charge in [-0.1, -0.05) is 6.08 Å². The topological polar surface area (TPSA) is 97.0 Å². The van der Waals surface area contributed by atoms with Gasteiger partial charge in [0.2, 0.25) is 0 Å². The van der Waals surface area contributed by atoms with Crippen molar-refractivity contribution in [2.75, 3.05) is 26.3 Å². The largest absolute Gasteiger partial charge is 0.450 e. The van der Waals surface area contributed by atoms with Crippen LogP contribution in [-0.2, 0) is 22.1 Å². The van der Waals surface area contributed by atoms with Crippen LogP contribution in [-0.4, -0.2) is 63.8 Å². The van der Waals surface area contributed by atoms with Gasteiger partial charge in [0.15, 0.2) is 5.76 Å². The van der Waals surface area contributed by atoms with Gasteiger partial charge in [0.1, 0.15) is 5.76 Å². The number of furan rings is 1. The average Bonchev–Trinajstić information content (AvgIpc) is 3.26. The Balaban J connectivity index is 1.25. The molecule has 4 heterocycles. The first kappa shape index (κ1) is 22.6. The Labute approximate surface area is 190 Å². The Morgan fingerprint density at radius 2 is 2.09 bits per heavy atom. The Morgan fingerprint density at radius 3 is 2.75 bits per heavy atom. The van der Waals surface area contributed by atoms with Crippen molar-refractivity contribution in [3.05, 3.63) is 60.0 Å². The number of likely N-dealkylation sites (tertiary alicyclic amines) is 1. The summed E-state index contributed by atoms with van der Waals surface area (Å²) in [6.45, 7) is 5.71. The monoisotopic (exact) mass is 456 g/mol. The summed E-state index contributed by atoms with van der Waals surface area (Å²) in [6.07, 6.45) is 8.49. The molecule has 9 heteroatoms. The Morgan fingerprint density at radius 1 is 1.28 bits per heavy atom. The van der Waals surface area contributed by atoms with Crippen molar-refractivity contribution in [3.8, 4) is 0 Å². The van der Waals surface area contributed by atoms with Crippen molar-refractivity contribution in [1.82, 2.24) is 15.2 Å². The van der Waals surface area contributed by atoms with Gasteiger partial charge in [0.25, 0.3) is 5.91 Å². The number of carbonyl (C=O) groups is 1. The second-order valence-electron chi connectivity index (χ2n) is 7.85. The van der Waals surface area contributed by atoms with E-state index in [-0.39, 0.29) is 23.5 Å². The van der Waals surface area contributed by atoms with Crippen LogP contribution in [0.15, 0.2) is 57.0 Å². The van der Waals surface area contributed by atoms with Gasteiger partial charge >= 0.3 is 0 Å². The van der Waals surface area contributed by atoms with Gasteiger partial charge in [-0.25, -0.2) is 0 Å². The van der Waals surface area contributed by atoms with Crippen molar-refractivity contribution in [2.45, 2.75) is 42.5 Å². The fraction of sp³-hybridized carbons (Fsp3) is 0.435. The zero-order valence-electron chi connectivity index (χ0n) is 18.1. The summed E-state index contributed by atoms with van der Waals surface area (Å²) in [5, 5.41) is 2.95. The van der Waals surface area contributed by atoms with Gasteiger partial charge < -0.3 is 14.5 Å². The maximum atomic E-state index is 12.9. The number of ether oxygens (including phenoxy) is 1. The summed E-state index contributed by atoms with van der Waals surface area (Å²) in [6, 6.07) is 7.49. The lowest BCUT2D eigenvalue weighted by Gasteiger charge is -2.41. The molecule has 4 rings (SSSR count). The first-order valence-electron chi connectivity index (χ1n) is 10.8. The van der Waals surface area contributed by atoms with E-state index in [0.717, 1.165) is 44.0 Å². The smallest absolute Gasteiger partial charge is 0.287 e. The highest BCUT2D eigenvalue weighted by atomic mass is 32.2. The molecule has 0 spiro atoms. The van der Waals surface area contributed by atoms with E-state index in [1.54, 1.807) is 36.8 Å². The first-order chi connectivity index (χ1) is 15.6. The van der Waals surface area contributed by atoms with Crippen LogP contribution in [0.4, 0.5) is 0 Å². The maximum Gasteiger partial charge on any atom is 0.287 e. The SMILES string of the molecule is C/C=C\N=Cc1ccc(C(=O)NCc2ccc(S(=O)C3CCN(C4COC4)CC3)cn2)o1. The summed E-state index contributed by atoms with van der Waals surface area (Å²) in [4.78, 5) is 23.9. The summed E-state index contributed by atoms with van der Waals surface area (Å²) in [5.41, 5.74) is 0.695. The predicted molar refractivity (Wildman–Crippen MR) is 122 cm³/mol. The molecule has 1 unspecified atom stereocenters. The predicted octanol–water partition coefficient (Wildman–Crippen LogP) is 2.53. The molecule has 1 N–H and O–H groups in total. The van der Waals surface area contributed by atoms with Crippen molar-refractivity contribution < 1.29 is 18.2 Å². The fourth-order valence-electron chi connectivity index (χ4n) is 3.72. The first-order valence-corrected chi connectivity index (χ1v) is 12.0. The standard InChI is InChI=1S/C23H28N4O4S/c1-2-9-24-13-19-4-6-22(31-19)23(28)26-12-17-3-5-21(14-25-17)32(29)20-7-10-27(11-8-20)18-15-30-16-18/h2-6,9,13-14,18,20H,7-8,10-12,15-16H2,1H3,(H,26,28)/b9-2-,24-13?. The number of amides is 1. The normalized spacial score (nSPS) is 19.4. The lowest BCUT2D eigenvalue weighted by molar-refractivity contribution is -0.0694. The molecule has 0 aromatic carbocycles. The number of aliphatic imine (C=N–C) groups is 1. The molecule has 0 aliphatic carbocycles. The highest BCUT2D eigenvalue weighted by Gasteiger charge is 2.31. The van der Waals surface area contributed by atoms with Gasteiger partial charge in [-0.3, -0.25) is 23.9 Å². The van der Waals surface area contributed by atoms with E-state index in [4.69, 9.17) is 9.15 Å². The van der Waals surface area contributed by atoms with E-state index in [0.29, 0.717) is 17.5 Å². The molecule has 2 aliphatic heterocycles. The van der Waals surface area contributed by atoms with Crippen LogP contribution in [0, 0.1) is 0 Å². The molecule has 1 atom stereocenters. The third kappa shape index (κ3) is 5.59. The van der Waals surface area contributed by atoms with E-state index in [1.807, 2.05) is 19.1 Å². The summed E-state index contributed by atoms with van der Waals surface area (Å²) < 4.78 is 23.7. The number of rotatable bonds is 8. The third-order valence-corrected chi connectivity index (χ3v) is 7.45. The van der Waals surface area contributed by atoms with Crippen LogP contribution in [0.2, 0.25) is 0 Å². The summed E-state index contributed by atoms with van der Waals surface area (Å²) >= 11 is 0. The molecule has 0 radical (unpaired) electrons. The van der Waals surface area contributed by atoms with E-state index < -0.39 is 10.8 Å². The van der Waals surface area contributed by atoms with Gasteiger partial charge in [-0.2, -0.15) is 0 Å². The van der Waals surface area contributed by atoms with Crippen LogP contribution in [0.25, 0.3) is 0 Å². The number of carbonyl (C=O) groups excluding carboxylic acids is 1. The molecule has 0 bridgehead atoms. The van der Waals surface area contributed by atoms with Gasteiger partial charge in [-0.15, -0.1) is 0 Å². The molecule has 32 heavy (non-hydrogen) atoms. The number of aromatic nitrogens is 1. The van der Waals surface area contributed by atoms with Crippen LogP contribution >= 0.6 is 0 Å². The molecule has 2 saturated heterocycles. The number of piperidine rings is 1. The highest BCUT2D eigenvalue weighted by molar-refractivity contribution is 7.85. The average molecular weight is 457 g/mol.